The first-order valence-corrected chi connectivity index (χ1v) is 9.99. The minimum Gasteiger partial charge on any atom is -0.353 e. The molecule has 8 nitrogen and oxygen atoms in total. The summed E-state index contributed by atoms with van der Waals surface area (Å²) in [7, 11) is 0. The largest absolute Gasteiger partial charge is 0.353 e. The Labute approximate surface area is 165 Å². The molecule has 3 rings (SSSR count). The van der Waals surface area contributed by atoms with Gasteiger partial charge in [-0.2, -0.15) is 0 Å². The van der Waals surface area contributed by atoms with E-state index in [1.165, 1.54) is 0 Å². The second-order valence-corrected chi connectivity index (χ2v) is 7.27. The molecule has 0 bridgehead atoms. The Kier molecular flexibility index (Phi) is 7.11. The summed E-state index contributed by atoms with van der Waals surface area (Å²) in [6.07, 6.45) is 7.87. The van der Waals surface area contributed by atoms with Gasteiger partial charge in [0, 0.05) is 30.4 Å². The molecule has 0 unspecified atom stereocenters. The molecule has 2 aromatic heterocycles. The Balaban J connectivity index is 1.39. The lowest BCUT2D eigenvalue weighted by Gasteiger charge is -2.28. The number of hydrogen-bond donors (Lipinski definition) is 2. The maximum Gasteiger partial charge on any atom is 0.226 e. The molecule has 2 amide bonds. The molecule has 1 fully saturated rings. The summed E-state index contributed by atoms with van der Waals surface area (Å²) in [6.45, 7) is 3.34. The fraction of sp³-hybridized carbons (Fsp3) is 0.550. The van der Waals surface area contributed by atoms with Crippen molar-refractivity contribution in [3.8, 4) is 0 Å². The summed E-state index contributed by atoms with van der Waals surface area (Å²) >= 11 is 0. The molecule has 28 heavy (non-hydrogen) atoms. The van der Waals surface area contributed by atoms with Gasteiger partial charge in [-0.3, -0.25) is 14.6 Å². The van der Waals surface area contributed by atoms with Crippen LogP contribution in [-0.2, 0) is 29.1 Å². The van der Waals surface area contributed by atoms with Gasteiger partial charge in [-0.25, -0.2) is 0 Å². The summed E-state index contributed by atoms with van der Waals surface area (Å²) in [6, 6.07) is 5.70. The number of hydrogen-bond acceptors (Lipinski definition) is 5. The monoisotopic (exact) mass is 384 g/mol. The van der Waals surface area contributed by atoms with Gasteiger partial charge in [0.25, 0.3) is 0 Å². The van der Waals surface area contributed by atoms with Crippen molar-refractivity contribution in [2.45, 2.75) is 64.6 Å². The lowest BCUT2D eigenvalue weighted by molar-refractivity contribution is -0.126. The van der Waals surface area contributed by atoms with Crippen LogP contribution in [0.5, 0.6) is 0 Å². The smallest absolute Gasteiger partial charge is 0.226 e. The van der Waals surface area contributed by atoms with E-state index in [1.54, 1.807) is 12.5 Å². The number of carbonyl (C=O) groups excluding carboxylic acids is 2. The third kappa shape index (κ3) is 5.61. The van der Waals surface area contributed by atoms with Gasteiger partial charge in [0.15, 0.2) is 5.82 Å². The van der Waals surface area contributed by atoms with Crippen LogP contribution in [0.4, 0.5) is 0 Å². The number of carbonyl (C=O) groups is 2. The molecule has 2 N–H and O–H groups in total. The van der Waals surface area contributed by atoms with Crippen LogP contribution in [0.2, 0.25) is 0 Å². The highest BCUT2D eigenvalue weighted by Crippen LogP contribution is 2.24. The quantitative estimate of drug-likeness (QED) is 0.720. The Hall–Kier alpha value is -2.77. The molecular formula is C20H28N6O2. The van der Waals surface area contributed by atoms with Crippen LogP contribution in [0.25, 0.3) is 0 Å². The Morgan fingerprint density at radius 3 is 2.75 bits per heavy atom. The third-order valence-corrected chi connectivity index (χ3v) is 5.11. The van der Waals surface area contributed by atoms with Crippen molar-refractivity contribution in [2.75, 3.05) is 0 Å². The van der Waals surface area contributed by atoms with E-state index in [1.807, 2.05) is 22.8 Å². The fourth-order valence-electron chi connectivity index (χ4n) is 3.60. The molecule has 1 aliphatic rings. The number of nitrogens with zero attached hydrogens (tertiary/aromatic N) is 4. The van der Waals surface area contributed by atoms with Crippen molar-refractivity contribution in [3.05, 3.63) is 42.2 Å². The van der Waals surface area contributed by atoms with E-state index in [0.29, 0.717) is 13.0 Å². The van der Waals surface area contributed by atoms with E-state index >= 15 is 0 Å². The maximum atomic E-state index is 12.5. The van der Waals surface area contributed by atoms with Crippen LogP contribution in [0.3, 0.4) is 0 Å². The van der Waals surface area contributed by atoms with Crippen LogP contribution < -0.4 is 10.6 Å². The molecule has 0 saturated heterocycles. The molecule has 1 saturated carbocycles. The number of pyridine rings is 1. The lowest BCUT2D eigenvalue weighted by Crippen LogP contribution is -2.41. The summed E-state index contributed by atoms with van der Waals surface area (Å²) in [5.74, 6) is 0.823. The van der Waals surface area contributed by atoms with Gasteiger partial charge in [-0.15, -0.1) is 10.2 Å². The molecule has 0 aromatic carbocycles. The van der Waals surface area contributed by atoms with Crippen molar-refractivity contribution in [3.63, 3.8) is 0 Å². The molecule has 0 aliphatic heterocycles. The standard InChI is InChI=1S/C20H28N6O2/c1-2-11-26-14-23-25-18(26)13-22-20(28)15-6-8-16(9-7-15)24-19(27)12-17-5-3-4-10-21-17/h3-5,10,14-16H,2,6-9,11-13H2,1H3,(H,22,28)(H,24,27). The number of aromatic nitrogens is 4. The van der Waals surface area contributed by atoms with E-state index in [2.05, 4.69) is 32.7 Å². The highest BCUT2D eigenvalue weighted by molar-refractivity contribution is 5.79. The molecule has 2 aromatic rings. The summed E-state index contributed by atoms with van der Waals surface area (Å²) < 4.78 is 1.97. The minimum atomic E-state index is -0.0122. The zero-order valence-corrected chi connectivity index (χ0v) is 16.3. The predicted octanol–water partition coefficient (Wildman–Crippen LogP) is 1.62. The third-order valence-electron chi connectivity index (χ3n) is 5.11. The van der Waals surface area contributed by atoms with Gasteiger partial charge in [0.1, 0.15) is 6.33 Å². The van der Waals surface area contributed by atoms with Gasteiger partial charge in [-0.1, -0.05) is 13.0 Å². The van der Waals surface area contributed by atoms with Crippen molar-refractivity contribution >= 4 is 11.8 Å². The van der Waals surface area contributed by atoms with Crippen molar-refractivity contribution < 1.29 is 9.59 Å². The molecule has 150 valence electrons. The first-order valence-electron chi connectivity index (χ1n) is 9.99. The zero-order valence-electron chi connectivity index (χ0n) is 16.3. The van der Waals surface area contributed by atoms with E-state index in [0.717, 1.165) is 50.2 Å². The van der Waals surface area contributed by atoms with Crippen LogP contribution >= 0.6 is 0 Å². The topological polar surface area (TPSA) is 102 Å². The Morgan fingerprint density at radius 1 is 1.21 bits per heavy atom. The van der Waals surface area contributed by atoms with Crippen LogP contribution in [-0.4, -0.2) is 37.6 Å². The van der Waals surface area contributed by atoms with E-state index in [9.17, 15) is 9.59 Å². The Morgan fingerprint density at radius 2 is 2.04 bits per heavy atom. The molecule has 1 aliphatic carbocycles. The van der Waals surface area contributed by atoms with Crippen LogP contribution in [0, 0.1) is 5.92 Å². The van der Waals surface area contributed by atoms with Crippen molar-refractivity contribution in [1.82, 2.24) is 30.4 Å². The summed E-state index contributed by atoms with van der Waals surface area (Å²) in [4.78, 5) is 28.8. The van der Waals surface area contributed by atoms with Crippen molar-refractivity contribution in [1.29, 1.82) is 0 Å². The Bertz CT molecular complexity index is 768. The van der Waals surface area contributed by atoms with E-state index in [4.69, 9.17) is 0 Å². The van der Waals surface area contributed by atoms with Crippen LogP contribution in [0.15, 0.2) is 30.7 Å². The maximum absolute atomic E-state index is 12.5. The summed E-state index contributed by atoms with van der Waals surface area (Å²) in [5.41, 5.74) is 0.768. The van der Waals surface area contributed by atoms with Gasteiger partial charge in [-0.05, 0) is 44.2 Å². The van der Waals surface area contributed by atoms with E-state index < -0.39 is 0 Å². The predicted molar refractivity (Wildman–Crippen MR) is 104 cm³/mol. The summed E-state index contributed by atoms with van der Waals surface area (Å²) in [5, 5.41) is 14.0. The molecule has 0 radical (unpaired) electrons. The van der Waals surface area contributed by atoms with Gasteiger partial charge >= 0.3 is 0 Å². The second-order valence-electron chi connectivity index (χ2n) is 7.27. The lowest BCUT2D eigenvalue weighted by atomic mass is 9.85. The first kappa shape index (κ1) is 20.0. The van der Waals surface area contributed by atoms with Crippen LogP contribution in [0.1, 0.15) is 50.5 Å². The first-order chi connectivity index (χ1) is 13.7. The normalized spacial score (nSPS) is 19.2. The number of rotatable bonds is 8. The number of nitrogens with one attached hydrogen (secondary N) is 2. The van der Waals surface area contributed by atoms with E-state index in [-0.39, 0.29) is 23.8 Å². The van der Waals surface area contributed by atoms with Gasteiger partial charge < -0.3 is 15.2 Å². The molecule has 2 heterocycles. The zero-order chi connectivity index (χ0) is 19.8. The highest BCUT2D eigenvalue weighted by Gasteiger charge is 2.27. The highest BCUT2D eigenvalue weighted by atomic mass is 16.2. The molecule has 8 heteroatoms. The van der Waals surface area contributed by atoms with Gasteiger partial charge in [0.2, 0.25) is 11.8 Å². The molecular weight excluding hydrogens is 356 g/mol. The van der Waals surface area contributed by atoms with Crippen molar-refractivity contribution in [2.24, 2.45) is 5.92 Å². The van der Waals surface area contributed by atoms with Gasteiger partial charge in [0.05, 0.1) is 13.0 Å². The average Bonchev–Trinajstić information content (AvgIpc) is 3.15. The number of aryl methyl sites for hydroxylation is 1. The molecule has 0 spiro atoms. The fourth-order valence-corrected chi connectivity index (χ4v) is 3.60. The number of amides is 2. The SMILES string of the molecule is CCCn1cnnc1CNC(=O)C1CCC(NC(=O)Cc2ccccn2)CC1. The minimum absolute atomic E-state index is 0.00788. The molecule has 0 atom stereocenters. The average molecular weight is 384 g/mol. The second kappa shape index (κ2) is 9.96.